The summed E-state index contributed by atoms with van der Waals surface area (Å²) in [5.41, 5.74) is 5.88. The molecular weight excluding hydrogens is 190 g/mol. The smallest absolute Gasteiger partial charge is 0.236 e. The molecule has 1 fully saturated rings. The number of hydrogen-bond acceptors (Lipinski definition) is 3. The second-order valence-corrected chi connectivity index (χ2v) is 4.84. The van der Waals surface area contributed by atoms with Crippen LogP contribution in [0.1, 0.15) is 19.8 Å². The topological polar surface area (TPSA) is 49.6 Å². The van der Waals surface area contributed by atoms with E-state index in [1.54, 1.807) is 0 Å². The van der Waals surface area contributed by atoms with Crippen molar-refractivity contribution in [1.29, 1.82) is 0 Å². The van der Waals surface area contributed by atoms with Crippen molar-refractivity contribution >= 4 is 5.91 Å². The van der Waals surface area contributed by atoms with E-state index in [2.05, 4.69) is 0 Å². The van der Waals surface area contributed by atoms with Crippen molar-refractivity contribution < 1.29 is 4.79 Å². The zero-order valence-electron chi connectivity index (χ0n) is 10.1. The van der Waals surface area contributed by atoms with Gasteiger partial charge in [0.2, 0.25) is 5.91 Å². The van der Waals surface area contributed by atoms with Gasteiger partial charge in [-0.25, -0.2) is 0 Å². The van der Waals surface area contributed by atoms with Gasteiger partial charge in [0.25, 0.3) is 0 Å². The molecule has 1 aliphatic heterocycles. The number of likely N-dealkylation sites (N-methyl/N-ethyl adjacent to an activating group) is 1. The number of amides is 1. The van der Waals surface area contributed by atoms with Crippen LogP contribution < -0.4 is 5.73 Å². The molecule has 15 heavy (non-hydrogen) atoms. The van der Waals surface area contributed by atoms with Crippen LogP contribution in [0.4, 0.5) is 0 Å². The van der Waals surface area contributed by atoms with Crippen LogP contribution in [0.3, 0.4) is 0 Å². The maximum Gasteiger partial charge on any atom is 0.236 e. The minimum absolute atomic E-state index is 0.194. The molecule has 4 nitrogen and oxygen atoms in total. The van der Waals surface area contributed by atoms with E-state index < -0.39 is 0 Å². The van der Waals surface area contributed by atoms with E-state index in [1.807, 2.05) is 30.8 Å². The number of carbonyl (C=O) groups excluding carboxylic acids is 1. The minimum atomic E-state index is 0.194. The minimum Gasteiger partial charge on any atom is -0.341 e. The first kappa shape index (κ1) is 12.5. The van der Waals surface area contributed by atoms with Crippen LogP contribution in [-0.4, -0.2) is 55.5 Å². The summed E-state index contributed by atoms with van der Waals surface area (Å²) in [5.74, 6) is 0.704. The third kappa shape index (κ3) is 3.80. The van der Waals surface area contributed by atoms with Crippen LogP contribution in [0.2, 0.25) is 0 Å². The fourth-order valence-corrected chi connectivity index (χ4v) is 2.04. The monoisotopic (exact) mass is 213 g/mol. The Morgan fingerprint density at radius 2 is 2.27 bits per heavy atom. The number of nitrogens with zero attached hydrogens (tertiary/aromatic N) is 2. The largest absolute Gasteiger partial charge is 0.341 e. The summed E-state index contributed by atoms with van der Waals surface area (Å²) in [5, 5.41) is 0. The van der Waals surface area contributed by atoms with Gasteiger partial charge in [-0.05, 0) is 39.8 Å². The van der Waals surface area contributed by atoms with Crippen LogP contribution in [0.15, 0.2) is 0 Å². The number of hydrogen-bond donors (Lipinski definition) is 1. The Hall–Kier alpha value is -0.610. The summed E-state index contributed by atoms with van der Waals surface area (Å²) in [7, 11) is 3.84. The molecule has 0 aromatic carbocycles. The van der Waals surface area contributed by atoms with Gasteiger partial charge in [0.1, 0.15) is 0 Å². The number of nitrogens with two attached hydrogens (primary N) is 1. The van der Waals surface area contributed by atoms with E-state index in [-0.39, 0.29) is 11.9 Å². The molecule has 88 valence electrons. The molecule has 0 saturated carbocycles. The SMILES string of the molecule is CC(N)C1CCCN(C(=O)CN(C)C)C1. The summed E-state index contributed by atoms with van der Waals surface area (Å²) >= 11 is 0. The first-order chi connectivity index (χ1) is 7.00. The molecule has 1 rings (SSSR count). The second-order valence-electron chi connectivity index (χ2n) is 4.84. The molecule has 0 bridgehead atoms. The molecule has 1 saturated heterocycles. The molecule has 2 N–H and O–H groups in total. The van der Waals surface area contributed by atoms with Crippen molar-refractivity contribution in [2.75, 3.05) is 33.7 Å². The highest BCUT2D eigenvalue weighted by Crippen LogP contribution is 2.18. The fraction of sp³-hybridized carbons (Fsp3) is 0.909. The lowest BCUT2D eigenvalue weighted by Gasteiger charge is -2.35. The Labute approximate surface area is 92.4 Å². The maximum absolute atomic E-state index is 11.8. The molecular formula is C11H23N3O. The van der Waals surface area contributed by atoms with Gasteiger partial charge in [-0.2, -0.15) is 0 Å². The first-order valence-corrected chi connectivity index (χ1v) is 5.68. The van der Waals surface area contributed by atoms with Gasteiger partial charge in [0.15, 0.2) is 0 Å². The lowest BCUT2D eigenvalue weighted by molar-refractivity contribution is -0.133. The van der Waals surface area contributed by atoms with Gasteiger partial charge in [0.05, 0.1) is 6.54 Å². The zero-order chi connectivity index (χ0) is 11.4. The van der Waals surface area contributed by atoms with Crippen LogP contribution in [0.5, 0.6) is 0 Å². The van der Waals surface area contributed by atoms with Crippen LogP contribution in [-0.2, 0) is 4.79 Å². The summed E-state index contributed by atoms with van der Waals surface area (Å²) < 4.78 is 0. The molecule has 1 heterocycles. The summed E-state index contributed by atoms with van der Waals surface area (Å²) in [6, 6.07) is 0.194. The lowest BCUT2D eigenvalue weighted by Crippen LogP contribution is -2.47. The number of likely N-dealkylation sites (tertiary alicyclic amines) is 1. The fourth-order valence-electron chi connectivity index (χ4n) is 2.04. The summed E-state index contributed by atoms with van der Waals surface area (Å²) in [6.45, 7) is 4.27. The van der Waals surface area contributed by atoms with E-state index >= 15 is 0 Å². The third-order valence-corrected chi connectivity index (χ3v) is 3.01. The molecule has 0 aromatic heterocycles. The van der Waals surface area contributed by atoms with Crippen molar-refractivity contribution in [2.24, 2.45) is 11.7 Å². The maximum atomic E-state index is 11.8. The average molecular weight is 213 g/mol. The van der Waals surface area contributed by atoms with Crippen molar-refractivity contribution in [3.63, 3.8) is 0 Å². The van der Waals surface area contributed by atoms with E-state index in [1.165, 1.54) is 0 Å². The van der Waals surface area contributed by atoms with E-state index in [0.29, 0.717) is 12.5 Å². The third-order valence-electron chi connectivity index (χ3n) is 3.01. The Balaban J connectivity index is 2.45. The quantitative estimate of drug-likeness (QED) is 0.725. The van der Waals surface area contributed by atoms with E-state index in [9.17, 15) is 4.79 Å². The molecule has 2 unspecified atom stereocenters. The van der Waals surface area contributed by atoms with Crippen LogP contribution >= 0.6 is 0 Å². The number of rotatable bonds is 3. The van der Waals surface area contributed by atoms with Crippen molar-refractivity contribution in [1.82, 2.24) is 9.80 Å². The van der Waals surface area contributed by atoms with Gasteiger partial charge >= 0.3 is 0 Å². The van der Waals surface area contributed by atoms with Crippen molar-refractivity contribution in [3.05, 3.63) is 0 Å². The lowest BCUT2D eigenvalue weighted by atomic mass is 9.92. The van der Waals surface area contributed by atoms with E-state index in [4.69, 9.17) is 5.73 Å². The highest BCUT2D eigenvalue weighted by atomic mass is 16.2. The van der Waals surface area contributed by atoms with Gasteiger partial charge in [-0.15, -0.1) is 0 Å². The van der Waals surface area contributed by atoms with Gasteiger partial charge in [0, 0.05) is 19.1 Å². The Morgan fingerprint density at radius 1 is 1.60 bits per heavy atom. The molecule has 0 aliphatic carbocycles. The Kier molecular flexibility index (Phi) is 4.54. The first-order valence-electron chi connectivity index (χ1n) is 5.68. The molecule has 0 aromatic rings. The standard InChI is InChI=1S/C11H23N3O/c1-9(12)10-5-4-6-14(7-10)11(15)8-13(2)3/h9-10H,4-8,12H2,1-3H3. The van der Waals surface area contributed by atoms with Crippen molar-refractivity contribution in [3.8, 4) is 0 Å². The average Bonchev–Trinajstić information content (AvgIpc) is 2.17. The Morgan fingerprint density at radius 3 is 2.80 bits per heavy atom. The zero-order valence-corrected chi connectivity index (χ0v) is 10.1. The van der Waals surface area contributed by atoms with Crippen LogP contribution in [0, 0.1) is 5.92 Å². The second kappa shape index (κ2) is 5.47. The van der Waals surface area contributed by atoms with Gasteiger partial charge < -0.3 is 15.5 Å². The molecule has 0 radical (unpaired) electrons. The number of piperidine rings is 1. The predicted molar refractivity (Wildman–Crippen MR) is 61.5 cm³/mol. The summed E-state index contributed by atoms with van der Waals surface area (Å²) in [6.07, 6.45) is 2.24. The predicted octanol–water partition coefficient (Wildman–Crippen LogP) is 0.134. The highest BCUT2D eigenvalue weighted by molar-refractivity contribution is 5.78. The summed E-state index contributed by atoms with van der Waals surface area (Å²) in [4.78, 5) is 15.7. The van der Waals surface area contributed by atoms with Gasteiger partial charge in [-0.1, -0.05) is 0 Å². The molecule has 1 amide bonds. The van der Waals surface area contributed by atoms with Gasteiger partial charge in [-0.3, -0.25) is 4.79 Å². The number of carbonyl (C=O) groups is 1. The molecule has 0 spiro atoms. The molecule has 1 aliphatic rings. The molecule has 4 heteroatoms. The normalized spacial score (nSPS) is 24.3. The van der Waals surface area contributed by atoms with E-state index in [0.717, 1.165) is 25.9 Å². The van der Waals surface area contributed by atoms with Crippen molar-refractivity contribution in [2.45, 2.75) is 25.8 Å². The highest BCUT2D eigenvalue weighted by Gasteiger charge is 2.25. The van der Waals surface area contributed by atoms with Crippen LogP contribution in [0.25, 0.3) is 0 Å². The molecule has 2 atom stereocenters. The Bertz CT molecular complexity index is 216.